The van der Waals surface area contributed by atoms with Gasteiger partial charge < -0.3 is 5.21 Å². The van der Waals surface area contributed by atoms with Crippen molar-refractivity contribution in [1.29, 1.82) is 0 Å². The van der Waals surface area contributed by atoms with E-state index < -0.39 is 5.67 Å². The molecule has 0 spiro atoms. The summed E-state index contributed by atoms with van der Waals surface area (Å²) in [5, 5.41) is 11.0. The van der Waals surface area contributed by atoms with Crippen molar-refractivity contribution >= 4 is 0 Å². The maximum atomic E-state index is 13.9. The van der Waals surface area contributed by atoms with E-state index in [4.69, 9.17) is 0 Å². The lowest BCUT2D eigenvalue weighted by Crippen LogP contribution is -2.61. The van der Waals surface area contributed by atoms with Crippen LogP contribution < -0.4 is 0 Å². The normalized spacial score (nSPS) is 58.0. The Morgan fingerprint density at radius 1 is 1.17 bits per heavy atom. The van der Waals surface area contributed by atoms with Crippen LogP contribution in [0.4, 0.5) is 4.39 Å². The lowest BCUT2D eigenvalue weighted by atomic mass is 9.63. The standard InChI is InChI=1S/C9H14FNO/c10-9-3-6-1-7(4-9)11(12)8(2-6)5-9/h6-8,12H,1-5H2. The van der Waals surface area contributed by atoms with Gasteiger partial charge in [-0.05, 0) is 38.0 Å². The van der Waals surface area contributed by atoms with E-state index >= 15 is 0 Å². The molecule has 68 valence electrons. The zero-order valence-corrected chi connectivity index (χ0v) is 7.04. The number of nitrogens with zero attached hydrogens (tertiary/aromatic N) is 1. The third-order valence-corrected chi connectivity index (χ3v) is 3.82. The molecule has 0 aromatic heterocycles. The minimum atomic E-state index is -0.921. The summed E-state index contributed by atoms with van der Waals surface area (Å²) >= 11 is 0. The maximum absolute atomic E-state index is 13.9. The Balaban J connectivity index is 1.95. The van der Waals surface area contributed by atoms with E-state index in [9.17, 15) is 9.60 Å². The molecule has 2 atom stereocenters. The zero-order valence-electron chi connectivity index (χ0n) is 7.04. The maximum Gasteiger partial charge on any atom is 0.114 e. The third-order valence-electron chi connectivity index (χ3n) is 3.82. The van der Waals surface area contributed by atoms with Gasteiger partial charge in [0.2, 0.25) is 0 Å². The summed E-state index contributed by atoms with van der Waals surface area (Å²) in [7, 11) is 0. The summed E-state index contributed by atoms with van der Waals surface area (Å²) < 4.78 is 13.9. The number of hydrogen-bond donors (Lipinski definition) is 1. The molecule has 4 aliphatic rings. The van der Waals surface area contributed by atoms with Crippen molar-refractivity contribution in [1.82, 2.24) is 5.06 Å². The van der Waals surface area contributed by atoms with Crippen molar-refractivity contribution in [2.45, 2.75) is 49.9 Å². The minimum absolute atomic E-state index is 0.126. The van der Waals surface area contributed by atoms with E-state index in [0.29, 0.717) is 18.8 Å². The SMILES string of the molecule is ON1C2CC3CC1CC(F)(C3)C2. The van der Waals surface area contributed by atoms with Gasteiger partial charge in [-0.25, -0.2) is 4.39 Å². The Morgan fingerprint density at radius 2 is 1.75 bits per heavy atom. The number of piperidine rings is 2. The van der Waals surface area contributed by atoms with Crippen LogP contribution in [0.5, 0.6) is 0 Å². The first-order valence-electron chi connectivity index (χ1n) is 4.82. The number of alkyl halides is 1. The quantitative estimate of drug-likeness (QED) is 0.600. The van der Waals surface area contributed by atoms with Gasteiger partial charge in [0.15, 0.2) is 0 Å². The first-order chi connectivity index (χ1) is 5.66. The van der Waals surface area contributed by atoms with Crippen molar-refractivity contribution in [2.24, 2.45) is 5.92 Å². The van der Waals surface area contributed by atoms with Gasteiger partial charge >= 0.3 is 0 Å². The Morgan fingerprint density at radius 3 is 2.25 bits per heavy atom. The molecule has 2 saturated heterocycles. The van der Waals surface area contributed by atoms with Gasteiger partial charge in [-0.1, -0.05) is 0 Å². The van der Waals surface area contributed by atoms with Crippen LogP contribution in [-0.2, 0) is 0 Å². The van der Waals surface area contributed by atoms with Gasteiger partial charge in [-0.2, -0.15) is 5.06 Å². The molecule has 2 aliphatic carbocycles. The number of hydrogen-bond acceptors (Lipinski definition) is 2. The summed E-state index contributed by atoms with van der Waals surface area (Å²) in [5.41, 5.74) is -0.921. The molecule has 4 bridgehead atoms. The van der Waals surface area contributed by atoms with Crippen LogP contribution in [0.25, 0.3) is 0 Å². The molecule has 2 saturated carbocycles. The second-order valence-corrected chi connectivity index (χ2v) is 4.79. The predicted octanol–water partition coefficient (Wildman–Crippen LogP) is 1.73. The Labute approximate surface area is 71.3 Å². The fourth-order valence-corrected chi connectivity index (χ4v) is 3.51. The van der Waals surface area contributed by atoms with Crippen LogP contribution >= 0.6 is 0 Å². The van der Waals surface area contributed by atoms with Gasteiger partial charge in [-0.3, -0.25) is 0 Å². The highest BCUT2D eigenvalue weighted by molar-refractivity contribution is 5.06. The molecule has 2 unspecified atom stereocenters. The first-order valence-corrected chi connectivity index (χ1v) is 4.82. The van der Waals surface area contributed by atoms with Gasteiger partial charge in [-0.15, -0.1) is 0 Å². The summed E-state index contributed by atoms with van der Waals surface area (Å²) in [6, 6.07) is 0.252. The molecule has 12 heavy (non-hydrogen) atoms. The number of halogens is 1. The van der Waals surface area contributed by atoms with Crippen LogP contribution in [0, 0.1) is 5.92 Å². The van der Waals surface area contributed by atoms with Crippen molar-refractivity contribution in [3.05, 3.63) is 0 Å². The largest absolute Gasteiger partial charge is 0.313 e. The summed E-state index contributed by atoms with van der Waals surface area (Å²) in [6.07, 6.45) is 3.91. The van der Waals surface area contributed by atoms with Gasteiger partial charge in [0.1, 0.15) is 5.67 Å². The van der Waals surface area contributed by atoms with Crippen LogP contribution in [0.1, 0.15) is 32.1 Å². The fraction of sp³-hybridized carbons (Fsp3) is 1.00. The number of rotatable bonds is 0. The highest BCUT2D eigenvalue weighted by Gasteiger charge is 2.54. The lowest BCUT2D eigenvalue weighted by Gasteiger charge is -2.56. The van der Waals surface area contributed by atoms with Crippen molar-refractivity contribution in [2.75, 3.05) is 0 Å². The first kappa shape index (κ1) is 7.27. The van der Waals surface area contributed by atoms with E-state index in [2.05, 4.69) is 0 Å². The van der Waals surface area contributed by atoms with E-state index in [1.807, 2.05) is 0 Å². The van der Waals surface area contributed by atoms with Gasteiger partial charge in [0, 0.05) is 12.1 Å². The molecule has 2 aliphatic heterocycles. The molecule has 0 amide bonds. The molecule has 0 aromatic rings. The Kier molecular flexibility index (Phi) is 1.22. The highest BCUT2D eigenvalue weighted by atomic mass is 19.1. The monoisotopic (exact) mass is 171 g/mol. The average molecular weight is 171 g/mol. The van der Waals surface area contributed by atoms with Crippen LogP contribution in [-0.4, -0.2) is 28.0 Å². The van der Waals surface area contributed by atoms with E-state index in [1.165, 1.54) is 5.06 Å². The highest BCUT2D eigenvalue weighted by Crippen LogP contribution is 2.52. The van der Waals surface area contributed by atoms with Crippen LogP contribution in [0.3, 0.4) is 0 Å². The van der Waals surface area contributed by atoms with Crippen molar-refractivity contribution in [3.8, 4) is 0 Å². The average Bonchev–Trinajstić information content (AvgIpc) is 1.96. The molecule has 1 N–H and O–H groups in total. The molecular formula is C9H14FNO. The fourth-order valence-electron chi connectivity index (χ4n) is 3.51. The molecule has 0 radical (unpaired) electrons. The second kappa shape index (κ2) is 2.02. The van der Waals surface area contributed by atoms with Crippen LogP contribution in [0.2, 0.25) is 0 Å². The predicted molar refractivity (Wildman–Crippen MR) is 41.6 cm³/mol. The van der Waals surface area contributed by atoms with Gasteiger partial charge in [0.05, 0.1) is 0 Å². The third kappa shape index (κ3) is 0.811. The molecule has 2 nitrogen and oxygen atoms in total. The number of hydroxylamine groups is 2. The molecular weight excluding hydrogens is 157 g/mol. The van der Waals surface area contributed by atoms with Crippen molar-refractivity contribution < 1.29 is 9.60 Å². The smallest absolute Gasteiger partial charge is 0.114 e. The van der Waals surface area contributed by atoms with E-state index in [0.717, 1.165) is 19.3 Å². The molecule has 4 rings (SSSR count). The lowest BCUT2D eigenvalue weighted by molar-refractivity contribution is -0.251. The van der Waals surface area contributed by atoms with E-state index in [-0.39, 0.29) is 12.1 Å². The van der Waals surface area contributed by atoms with Crippen LogP contribution in [0.15, 0.2) is 0 Å². The Hall–Kier alpha value is -0.150. The minimum Gasteiger partial charge on any atom is -0.313 e. The molecule has 3 heteroatoms. The van der Waals surface area contributed by atoms with E-state index in [1.54, 1.807) is 0 Å². The Bertz CT molecular complexity index is 205. The second-order valence-electron chi connectivity index (χ2n) is 4.79. The van der Waals surface area contributed by atoms with Gasteiger partial charge in [0.25, 0.3) is 0 Å². The summed E-state index contributed by atoms with van der Waals surface area (Å²) in [6.45, 7) is 0. The van der Waals surface area contributed by atoms with Crippen molar-refractivity contribution in [3.63, 3.8) is 0 Å². The molecule has 2 heterocycles. The molecule has 4 fully saturated rings. The molecule has 0 aromatic carbocycles. The zero-order chi connectivity index (χ0) is 8.34. The summed E-state index contributed by atoms with van der Waals surface area (Å²) in [4.78, 5) is 0. The summed E-state index contributed by atoms with van der Waals surface area (Å²) in [5.74, 6) is 0.552. The topological polar surface area (TPSA) is 23.5 Å².